The van der Waals surface area contributed by atoms with Gasteiger partial charge in [0.15, 0.2) is 0 Å². The van der Waals surface area contributed by atoms with Crippen molar-refractivity contribution in [1.82, 2.24) is 5.32 Å². The number of rotatable bonds is 1. The van der Waals surface area contributed by atoms with Crippen molar-refractivity contribution in [3.63, 3.8) is 0 Å². The van der Waals surface area contributed by atoms with Crippen molar-refractivity contribution < 1.29 is 9.53 Å². The van der Waals surface area contributed by atoms with Gasteiger partial charge in [0, 0.05) is 31.9 Å². The van der Waals surface area contributed by atoms with Gasteiger partial charge in [-0.15, -0.1) is 0 Å². The van der Waals surface area contributed by atoms with Gasteiger partial charge >= 0.3 is 0 Å². The normalized spacial score (nSPS) is 23.1. The zero-order chi connectivity index (χ0) is 13.2. The lowest BCUT2D eigenvalue weighted by Gasteiger charge is -2.29. The fourth-order valence-electron chi connectivity index (χ4n) is 2.41. The van der Waals surface area contributed by atoms with Crippen LogP contribution in [0.1, 0.15) is 6.92 Å². The monoisotopic (exact) mass is 261 g/mol. The highest BCUT2D eigenvalue weighted by molar-refractivity contribution is 5.95. The summed E-state index contributed by atoms with van der Waals surface area (Å²) in [6.45, 7) is 6.28. The SMILES string of the molecule is CC1COc2ccc(N3CCNCC3)cc2NC1=O. The number of nitrogens with zero attached hydrogens (tertiary/aromatic N) is 1. The average Bonchev–Trinajstić information content (AvgIpc) is 2.59. The molecule has 19 heavy (non-hydrogen) atoms. The Kier molecular flexibility index (Phi) is 3.29. The molecule has 1 aromatic rings. The first-order valence-electron chi connectivity index (χ1n) is 6.77. The van der Waals surface area contributed by atoms with Gasteiger partial charge in [-0.25, -0.2) is 0 Å². The maximum absolute atomic E-state index is 11.8. The van der Waals surface area contributed by atoms with Crippen molar-refractivity contribution in [3.05, 3.63) is 18.2 Å². The second-order valence-corrected chi connectivity index (χ2v) is 5.12. The number of carbonyl (C=O) groups excluding carboxylic acids is 1. The number of fused-ring (bicyclic) bond motifs is 1. The van der Waals surface area contributed by atoms with Crippen LogP contribution >= 0.6 is 0 Å². The summed E-state index contributed by atoms with van der Waals surface area (Å²) in [5.41, 5.74) is 1.92. The molecule has 1 amide bonds. The summed E-state index contributed by atoms with van der Waals surface area (Å²) in [6, 6.07) is 6.02. The Morgan fingerprint density at radius 1 is 1.32 bits per heavy atom. The number of ether oxygens (including phenoxy) is 1. The standard InChI is InChI=1S/C14H19N3O2/c1-10-9-19-13-3-2-11(8-12(13)16-14(10)18)17-6-4-15-5-7-17/h2-3,8,10,15H,4-7,9H2,1H3,(H,16,18). The van der Waals surface area contributed by atoms with Crippen molar-refractivity contribution in [3.8, 4) is 5.75 Å². The summed E-state index contributed by atoms with van der Waals surface area (Å²) in [4.78, 5) is 14.2. The molecular formula is C14H19N3O2. The molecule has 0 aliphatic carbocycles. The van der Waals surface area contributed by atoms with Crippen molar-refractivity contribution in [1.29, 1.82) is 0 Å². The molecule has 1 atom stereocenters. The number of hydrogen-bond acceptors (Lipinski definition) is 4. The first-order chi connectivity index (χ1) is 9.24. The molecule has 0 spiro atoms. The highest BCUT2D eigenvalue weighted by atomic mass is 16.5. The average molecular weight is 261 g/mol. The molecule has 1 fully saturated rings. The van der Waals surface area contributed by atoms with Gasteiger partial charge in [-0.1, -0.05) is 6.92 Å². The third-order valence-electron chi connectivity index (χ3n) is 3.64. The number of carbonyl (C=O) groups is 1. The topological polar surface area (TPSA) is 53.6 Å². The molecule has 5 heteroatoms. The molecule has 3 rings (SSSR count). The molecule has 1 saturated heterocycles. The van der Waals surface area contributed by atoms with Crippen LogP contribution in [0.4, 0.5) is 11.4 Å². The van der Waals surface area contributed by atoms with E-state index in [0.717, 1.165) is 43.3 Å². The van der Waals surface area contributed by atoms with E-state index in [4.69, 9.17) is 4.74 Å². The summed E-state index contributed by atoms with van der Waals surface area (Å²) in [7, 11) is 0. The van der Waals surface area contributed by atoms with Crippen LogP contribution in [0.15, 0.2) is 18.2 Å². The number of nitrogens with one attached hydrogen (secondary N) is 2. The Hall–Kier alpha value is -1.75. The maximum Gasteiger partial charge on any atom is 0.230 e. The van der Waals surface area contributed by atoms with Crippen LogP contribution in [-0.2, 0) is 4.79 Å². The Morgan fingerprint density at radius 3 is 2.89 bits per heavy atom. The Balaban J connectivity index is 1.86. The molecule has 5 nitrogen and oxygen atoms in total. The van der Waals surface area contributed by atoms with Crippen LogP contribution in [0.5, 0.6) is 5.75 Å². The first kappa shape index (κ1) is 12.3. The second-order valence-electron chi connectivity index (χ2n) is 5.12. The number of amides is 1. The minimum Gasteiger partial charge on any atom is -0.491 e. The van der Waals surface area contributed by atoms with E-state index < -0.39 is 0 Å². The molecule has 0 radical (unpaired) electrons. The van der Waals surface area contributed by atoms with Gasteiger partial charge < -0.3 is 20.3 Å². The molecule has 0 saturated carbocycles. The predicted molar refractivity (Wildman–Crippen MR) is 74.8 cm³/mol. The van der Waals surface area contributed by atoms with Crippen LogP contribution in [-0.4, -0.2) is 38.7 Å². The fourth-order valence-corrected chi connectivity index (χ4v) is 2.41. The lowest BCUT2D eigenvalue weighted by Crippen LogP contribution is -2.43. The zero-order valence-electron chi connectivity index (χ0n) is 11.1. The highest BCUT2D eigenvalue weighted by Crippen LogP contribution is 2.32. The van der Waals surface area contributed by atoms with E-state index in [2.05, 4.69) is 21.6 Å². The van der Waals surface area contributed by atoms with Gasteiger partial charge in [-0.2, -0.15) is 0 Å². The van der Waals surface area contributed by atoms with E-state index in [1.165, 1.54) is 0 Å². The molecule has 0 aromatic heterocycles. The lowest BCUT2D eigenvalue weighted by molar-refractivity contribution is -0.119. The van der Waals surface area contributed by atoms with E-state index in [1.807, 2.05) is 19.1 Å². The van der Waals surface area contributed by atoms with Gasteiger partial charge in [0.05, 0.1) is 18.2 Å². The highest BCUT2D eigenvalue weighted by Gasteiger charge is 2.21. The maximum atomic E-state index is 11.8. The summed E-state index contributed by atoms with van der Waals surface area (Å²) in [5, 5.41) is 6.28. The lowest BCUT2D eigenvalue weighted by atomic mass is 10.2. The van der Waals surface area contributed by atoms with Crippen LogP contribution in [0, 0.1) is 5.92 Å². The van der Waals surface area contributed by atoms with E-state index in [0.29, 0.717) is 6.61 Å². The van der Waals surface area contributed by atoms with Crippen LogP contribution in [0.25, 0.3) is 0 Å². The number of anilines is 2. The number of benzene rings is 1. The third-order valence-corrected chi connectivity index (χ3v) is 3.64. The summed E-state index contributed by atoms with van der Waals surface area (Å²) < 4.78 is 5.66. The predicted octanol–water partition coefficient (Wildman–Crippen LogP) is 1.06. The molecule has 2 aliphatic rings. The van der Waals surface area contributed by atoms with Crippen molar-refractivity contribution in [2.75, 3.05) is 43.0 Å². The number of piperazine rings is 1. The third kappa shape index (κ3) is 2.51. The minimum atomic E-state index is -0.116. The van der Waals surface area contributed by atoms with Gasteiger partial charge in [-0.3, -0.25) is 4.79 Å². The molecular weight excluding hydrogens is 242 g/mol. The largest absolute Gasteiger partial charge is 0.491 e. The number of hydrogen-bond donors (Lipinski definition) is 2. The molecule has 2 aliphatic heterocycles. The first-order valence-corrected chi connectivity index (χ1v) is 6.77. The van der Waals surface area contributed by atoms with Crippen molar-refractivity contribution in [2.45, 2.75) is 6.92 Å². The summed E-state index contributed by atoms with van der Waals surface area (Å²) >= 11 is 0. The van der Waals surface area contributed by atoms with Gasteiger partial charge in [-0.05, 0) is 18.2 Å². The van der Waals surface area contributed by atoms with E-state index >= 15 is 0 Å². The zero-order valence-corrected chi connectivity index (χ0v) is 11.1. The quantitative estimate of drug-likeness (QED) is 0.794. The smallest absolute Gasteiger partial charge is 0.230 e. The van der Waals surface area contributed by atoms with Crippen LogP contribution in [0.3, 0.4) is 0 Å². The molecule has 102 valence electrons. The van der Waals surface area contributed by atoms with E-state index in [-0.39, 0.29) is 11.8 Å². The molecule has 2 heterocycles. The fraction of sp³-hybridized carbons (Fsp3) is 0.500. The Morgan fingerprint density at radius 2 is 2.11 bits per heavy atom. The van der Waals surface area contributed by atoms with Gasteiger partial charge in [0.1, 0.15) is 5.75 Å². The van der Waals surface area contributed by atoms with E-state index in [9.17, 15) is 4.79 Å². The Bertz CT molecular complexity index is 484. The van der Waals surface area contributed by atoms with Gasteiger partial charge in [0.25, 0.3) is 0 Å². The van der Waals surface area contributed by atoms with Crippen molar-refractivity contribution in [2.24, 2.45) is 5.92 Å². The second kappa shape index (κ2) is 5.09. The molecule has 2 N–H and O–H groups in total. The summed E-state index contributed by atoms with van der Waals surface area (Å²) in [6.07, 6.45) is 0. The molecule has 0 bridgehead atoms. The van der Waals surface area contributed by atoms with E-state index in [1.54, 1.807) is 0 Å². The van der Waals surface area contributed by atoms with Gasteiger partial charge in [0.2, 0.25) is 5.91 Å². The summed E-state index contributed by atoms with van der Waals surface area (Å²) in [5.74, 6) is 0.669. The molecule has 1 aromatic carbocycles. The van der Waals surface area contributed by atoms with Crippen molar-refractivity contribution >= 4 is 17.3 Å². The molecule has 1 unspecified atom stereocenters. The van der Waals surface area contributed by atoms with Crippen LogP contribution in [0.2, 0.25) is 0 Å². The van der Waals surface area contributed by atoms with Crippen LogP contribution < -0.4 is 20.3 Å². The minimum absolute atomic E-state index is 0.0243. The Labute approximate surface area is 112 Å².